The summed E-state index contributed by atoms with van der Waals surface area (Å²) >= 11 is 3.13. The fourth-order valence-corrected chi connectivity index (χ4v) is 1.96. The summed E-state index contributed by atoms with van der Waals surface area (Å²) in [7, 11) is 0. The monoisotopic (exact) mass is 303 g/mol. The number of carbonyl (C=O) groups excluding carboxylic acids is 1. The minimum atomic E-state index is -0.537. The molecular weight excluding hydrogens is 286 g/mol. The summed E-state index contributed by atoms with van der Waals surface area (Å²) in [6.07, 6.45) is 1.54. The zero-order valence-corrected chi connectivity index (χ0v) is 11.9. The lowest BCUT2D eigenvalue weighted by molar-refractivity contribution is 0.0867. The van der Waals surface area contributed by atoms with Gasteiger partial charge in [0.1, 0.15) is 0 Å². The number of aliphatic hydroxyl groups excluding tert-OH is 1. The van der Waals surface area contributed by atoms with E-state index < -0.39 is 6.10 Å². The third-order valence-electron chi connectivity index (χ3n) is 2.21. The molecule has 1 amide bonds. The Bertz CT molecular complexity index is 381. The van der Waals surface area contributed by atoms with Crippen LogP contribution in [0, 0.1) is 5.41 Å². The largest absolute Gasteiger partial charge is 0.457 e. The van der Waals surface area contributed by atoms with E-state index in [-0.39, 0.29) is 17.9 Å². The SMILES string of the molecule is CC(C)(C)CC(O)CNC(=O)c1ccoc1Br. The Morgan fingerprint density at radius 3 is 2.71 bits per heavy atom. The second-order valence-electron chi connectivity index (χ2n) is 5.24. The lowest BCUT2D eigenvalue weighted by Gasteiger charge is -2.22. The van der Waals surface area contributed by atoms with Crippen molar-refractivity contribution >= 4 is 21.8 Å². The quantitative estimate of drug-likeness (QED) is 0.898. The first-order valence-electron chi connectivity index (χ1n) is 5.49. The van der Waals surface area contributed by atoms with Gasteiger partial charge in [0.25, 0.3) is 5.91 Å². The average Bonchev–Trinajstić information content (AvgIpc) is 2.58. The predicted molar refractivity (Wildman–Crippen MR) is 68.8 cm³/mol. The van der Waals surface area contributed by atoms with Gasteiger partial charge in [-0.05, 0) is 33.8 Å². The zero-order chi connectivity index (χ0) is 13.1. The lowest BCUT2D eigenvalue weighted by atomic mass is 9.89. The van der Waals surface area contributed by atoms with E-state index in [9.17, 15) is 9.90 Å². The van der Waals surface area contributed by atoms with Crippen molar-refractivity contribution in [3.05, 3.63) is 22.6 Å². The highest BCUT2D eigenvalue weighted by Gasteiger charge is 2.18. The number of amides is 1. The van der Waals surface area contributed by atoms with Gasteiger partial charge in [0.05, 0.1) is 17.9 Å². The molecule has 0 bridgehead atoms. The first-order valence-corrected chi connectivity index (χ1v) is 6.28. The van der Waals surface area contributed by atoms with E-state index in [1.807, 2.05) is 20.8 Å². The van der Waals surface area contributed by atoms with E-state index in [4.69, 9.17) is 4.42 Å². The Labute approximate surface area is 110 Å². The number of carbonyl (C=O) groups is 1. The van der Waals surface area contributed by atoms with Gasteiger partial charge >= 0.3 is 0 Å². The summed E-state index contributed by atoms with van der Waals surface area (Å²) < 4.78 is 5.37. The smallest absolute Gasteiger partial charge is 0.255 e. The molecule has 1 aromatic heterocycles. The molecule has 1 atom stereocenters. The van der Waals surface area contributed by atoms with Crippen molar-refractivity contribution in [2.24, 2.45) is 5.41 Å². The number of nitrogens with one attached hydrogen (secondary N) is 1. The fraction of sp³-hybridized carbons (Fsp3) is 0.583. The maximum absolute atomic E-state index is 11.7. The first-order chi connectivity index (χ1) is 7.79. The van der Waals surface area contributed by atoms with Crippen LogP contribution in [0.15, 0.2) is 21.4 Å². The zero-order valence-electron chi connectivity index (χ0n) is 10.3. The van der Waals surface area contributed by atoms with Gasteiger partial charge in [0.2, 0.25) is 0 Å². The van der Waals surface area contributed by atoms with E-state index >= 15 is 0 Å². The summed E-state index contributed by atoms with van der Waals surface area (Å²) in [5, 5.41) is 12.4. The summed E-state index contributed by atoms with van der Waals surface area (Å²) in [6.45, 7) is 6.38. The molecule has 0 fully saturated rings. The first kappa shape index (κ1) is 14.3. The van der Waals surface area contributed by atoms with Crippen LogP contribution in [0.4, 0.5) is 0 Å². The van der Waals surface area contributed by atoms with Crippen LogP contribution in [0.25, 0.3) is 0 Å². The molecule has 1 unspecified atom stereocenters. The molecule has 0 radical (unpaired) electrons. The molecule has 1 heterocycles. The number of halogens is 1. The summed E-state index contributed by atoms with van der Waals surface area (Å²) in [6, 6.07) is 1.58. The maximum Gasteiger partial charge on any atom is 0.255 e. The van der Waals surface area contributed by atoms with Crippen LogP contribution in [0.2, 0.25) is 0 Å². The van der Waals surface area contributed by atoms with Gasteiger partial charge in [-0.15, -0.1) is 0 Å². The van der Waals surface area contributed by atoms with Gasteiger partial charge in [-0.25, -0.2) is 0 Å². The van der Waals surface area contributed by atoms with Gasteiger partial charge in [0.15, 0.2) is 4.67 Å². The Hall–Kier alpha value is -0.810. The molecule has 5 heteroatoms. The molecule has 0 saturated carbocycles. The predicted octanol–water partition coefficient (Wildman–Crippen LogP) is 2.57. The number of furan rings is 1. The van der Waals surface area contributed by atoms with Crippen LogP contribution < -0.4 is 5.32 Å². The molecule has 1 aromatic rings. The Balaban J connectivity index is 2.42. The van der Waals surface area contributed by atoms with Crippen molar-refractivity contribution in [3.63, 3.8) is 0 Å². The second kappa shape index (κ2) is 5.69. The standard InChI is InChI=1S/C12H18BrNO3/c1-12(2,3)6-8(15)7-14-11(16)9-4-5-17-10(9)13/h4-5,8,15H,6-7H2,1-3H3,(H,14,16). The van der Waals surface area contributed by atoms with Crippen molar-refractivity contribution in [2.45, 2.75) is 33.3 Å². The van der Waals surface area contributed by atoms with Gasteiger partial charge in [-0.2, -0.15) is 0 Å². The van der Waals surface area contributed by atoms with E-state index in [2.05, 4.69) is 21.2 Å². The summed E-state index contributed by atoms with van der Waals surface area (Å²) in [5.74, 6) is -0.251. The van der Waals surface area contributed by atoms with Crippen LogP contribution in [0.3, 0.4) is 0 Å². The van der Waals surface area contributed by atoms with E-state index in [0.29, 0.717) is 16.7 Å². The number of hydrogen-bond acceptors (Lipinski definition) is 3. The summed E-state index contributed by atoms with van der Waals surface area (Å²) in [5.41, 5.74) is 0.480. The van der Waals surface area contributed by atoms with Crippen molar-refractivity contribution in [1.29, 1.82) is 0 Å². The molecule has 96 valence electrons. The molecule has 2 N–H and O–H groups in total. The van der Waals surface area contributed by atoms with Crippen molar-refractivity contribution in [1.82, 2.24) is 5.32 Å². The molecule has 17 heavy (non-hydrogen) atoms. The second-order valence-corrected chi connectivity index (χ2v) is 5.96. The van der Waals surface area contributed by atoms with Crippen LogP contribution in [-0.2, 0) is 0 Å². The van der Waals surface area contributed by atoms with Gasteiger partial charge in [-0.3, -0.25) is 4.79 Å². The molecule has 4 nitrogen and oxygen atoms in total. The fourth-order valence-electron chi connectivity index (χ4n) is 1.54. The number of rotatable bonds is 4. The van der Waals surface area contributed by atoms with Gasteiger partial charge in [-0.1, -0.05) is 20.8 Å². The lowest BCUT2D eigenvalue weighted by Crippen LogP contribution is -2.34. The van der Waals surface area contributed by atoms with Crippen molar-refractivity contribution in [2.75, 3.05) is 6.54 Å². The third kappa shape index (κ3) is 4.91. The van der Waals surface area contributed by atoms with Crippen LogP contribution in [-0.4, -0.2) is 23.7 Å². The Morgan fingerprint density at radius 2 is 2.24 bits per heavy atom. The molecule has 0 aliphatic carbocycles. The van der Waals surface area contributed by atoms with Gasteiger partial charge in [0, 0.05) is 6.54 Å². The third-order valence-corrected chi connectivity index (χ3v) is 2.82. The highest BCUT2D eigenvalue weighted by molar-refractivity contribution is 9.10. The van der Waals surface area contributed by atoms with Crippen LogP contribution in [0.1, 0.15) is 37.6 Å². The van der Waals surface area contributed by atoms with Crippen molar-refractivity contribution in [3.8, 4) is 0 Å². The minimum Gasteiger partial charge on any atom is -0.457 e. The summed E-state index contributed by atoms with van der Waals surface area (Å²) in [4.78, 5) is 11.7. The molecule has 0 aliphatic heterocycles. The van der Waals surface area contributed by atoms with Crippen LogP contribution >= 0.6 is 15.9 Å². The number of hydrogen-bond donors (Lipinski definition) is 2. The Kier molecular flexibility index (Phi) is 4.77. The molecule has 1 rings (SSSR count). The topological polar surface area (TPSA) is 62.5 Å². The molecule has 0 aliphatic rings. The number of aliphatic hydroxyl groups is 1. The van der Waals surface area contributed by atoms with E-state index in [1.54, 1.807) is 6.07 Å². The van der Waals surface area contributed by atoms with Crippen LogP contribution in [0.5, 0.6) is 0 Å². The molecule has 0 saturated heterocycles. The van der Waals surface area contributed by atoms with E-state index in [0.717, 1.165) is 0 Å². The minimum absolute atomic E-state index is 0.0420. The maximum atomic E-state index is 11.7. The molecular formula is C12H18BrNO3. The highest BCUT2D eigenvalue weighted by Crippen LogP contribution is 2.21. The average molecular weight is 304 g/mol. The normalized spacial score (nSPS) is 13.5. The van der Waals surface area contributed by atoms with Crippen molar-refractivity contribution < 1.29 is 14.3 Å². The van der Waals surface area contributed by atoms with E-state index in [1.165, 1.54) is 6.26 Å². The van der Waals surface area contributed by atoms with Gasteiger partial charge < -0.3 is 14.8 Å². The molecule has 0 spiro atoms. The highest BCUT2D eigenvalue weighted by atomic mass is 79.9. The Morgan fingerprint density at radius 1 is 1.59 bits per heavy atom. The molecule has 0 aromatic carbocycles.